The summed E-state index contributed by atoms with van der Waals surface area (Å²) in [5.41, 5.74) is 0.544. The van der Waals surface area contributed by atoms with Crippen molar-refractivity contribution in [3.63, 3.8) is 0 Å². The van der Waals surface area contributed by atoms with E-state index in [1.54, 1.807) is 12.1 Å². The van der Waals surface area contributed by atoms with E-state index in [1.165, 1.54) is 0 Å². The summed E-state index contributed by atoms with van der Waals surface area (Å²) in [4.78, 5) is 11.1. The Bertz CT molecular complexity index is 399. The van der Waals surface area contributed by atoms with Gasteiger partial charge in [-0.1, -0.05) is 26.8 Å². The van der Waals surface area contributed by atoms with Crippen LogP contribution in [0, 0.1) is 11.8 Å². The Morgan fingerprint density at radius 1 is 1.21 bits per heavy atom. The molecule has 0 bridgehead atoms. The second-order valence-corrected chi connectivity index (χ2v) is 5.27. The van der Waals surface area contributed by atoms with Gasteiger partial charge in [-0.15, -0.1) is 0 Å². The molecule has 3 nitrogen and oxygen atoms in total. The first-order valence-corrected chi connectivity index (χ1v) is 6.92. The highest BCUT2D eigenvalue weighted by molar-refractivity contribution is 5.81. The zero-order valence-electron chi connectivity index (χ0n) is 12.3. The monoisotopic (exact) mass is 264 g/mol. The smallest absolute Gasteiger partial charge is 0.171 e. The van der Waals surface area contributed by atoms with E-state index >= 15 is 0 Å². The van der Waals surface area contributed by atoms with Gasteiger partial charge in [0.1, 0.15) is 0 Å². The number of carbonyl (C=O) groups excluding carboxylic acids is 1. The van der Waals surface area contributed by atoms with Gasteiger partial charge in [0.2, 0.25) is 0 Å². The number of hydrogen-bond acceptors (Lipinski definition) is 3. The largest absolute Gasteiger partial charge is 0.490 e. The van der Waals surface area contributed by atoms with Crippen molar-refractivity contribution in [3.05, 3.63) is 23.8 Å². The molecule has 3 heteroatoms. The summed E-state index contributed by atoms with van der Waals surface area (Å²) < 4.78 is 11.3. The lowest BCUT2D eigenvalue weighted by atomic mass is 10.00. The van der Waals surface area contributed by atoms with E-state index in [-0.39, 0.29) is 0 Å². The zero-order valence-corrected chi connectivity index (χ0v) is 12.3. The van der Waals surface area contributed by atoms with E-state index in [0.717, 1.165) is 12.7 Å². The fraction of sp³-hybridized carbons (Fsp3) is 0.562. The van der Waals surface area contributed by atoms with Gasteiger partial charge in [0.25, 0.3) is 0 Å². The third-order valence-corrected chi connectivity index (χ3v) is 2.82. The van der Waals surface area contributed by atoms with Crippen LogP contribution in [0.4, 0.5) is 0 Å². The van der Waals surface area contributed by atoms with Gasteiger partial charge in [0, 0.05) is 0 Å². The van der Waals surface area contributed by atoms with Crippen molar-refractivity contribution in [2.45, 2.75) is 34.1 Å². The van der Waals surface area contributed by atoms with E-state index in [4.69, 9.17) is 9.47 Å². The van der Waals surface area contributed by atoms with Gasteiger partial charge in [-0.3, -0.25) is 4.79 Å². The molecule has 0 spiro atoms. The van der Waals surface area contributed by atoms with Gasteiger partial charge >= 0.3 is 0 Å². The van der Waals surface area contributed by atoms with Crippen molar-refractivity contribution in [3.8, 4) is 11.5 Å². The molecule has 1 rings (SSSR count). The van der Waals surface area contributed by atoms with Crippen LogP contribution < -0.4 is 9.47 Å². The Hall–Kier alpha value is -1.51. The molecular formula is C16H24O3. The van der Waals surface area contributed by atoms with Gasteiger partial charge < -0.3 is 9.47 Å². The summed E-state index contributed by atoms with van der Waals surface area (Å²) >= 11 is 0. The maximum Gasteiger partial charge on any atom is 0.171 e. The molecule has 0 aromatic heterocycles. The standard InChI is InChI=1S/C16H24O3/c1-5-18-15-8-6-7-14(10-17)16(15)19-11-13(4)9-12(2)3/h6-8,10,12-13H,5,9,11H2,1-4H3. The van der Waals surface area contributed by atoms with Crippen LogP contribution >= 0.6 is 0 Å². The van der Waals surface area contributed by atoms with Crippen molar-refractivity contribution >= 4 is 6.29 Å². The Morgan fingerprint density at radius 2 is 1.95 bits per heavy atom. The quantitative estimate of drug-likeness (QED) is 0.667. The first-order valence-electron chi connectivity index (χ1n) is 6.92. The number of hydrogen-bond donors (Lipinski definition) is 0. The van der Waals surface area contributed by atoms with Gasteiger partial charge in [-0.05, 0) is 37.3 Å². The lowest BCUT2D eigenvalue weighted by Gasteiger charge is -2.18. The zero-order chi connectivity index (χ0) is 14.3. The molecule has 19 heavy (non-hydrogen) atoms. The third-order valence-electron chi connectivity index (χ3n) is 2.82. The SMILES string of the molecule is CCOc1cccc(C=O)c1OCC(C)CC(C)C. The second kappa shape index (κ2) is 7.82. The van der Waals surface area contributed by atoms with Crippen LogP contribution in [0.25, 0.3) is 0 Å². The molecule has 0 aliphatic rings. The van der Waals surface area contributed by atoms with Crippen LogP contribution in [0.2, 0.25) is 0 Å². The average Bonchev–Trinajstić information content (AvgIpc) is 2.36. The number of aldehydes is 1. The van der Waals surface area contributed by atoms with Gasteiger partial charge in [-0.2, -0.15) is 0 Å². The highest BCUT2D eigenvalue weighted by Gasteiger charge is 2.13. The molecule has 0 aliphatic heterocycles. The maximum absolute atomic E-state index is 11.1. The van der Waals surface area contributed by atoms with Crippen molar-refractivity contribution in [1.29, 1.82) is 0 Å². The molecule has 0 radical (unpaired) electrons. The Morgan fingerprint density at radius 3 is 2.53 bits per heavy atom. The molecule has 0 fully saturated rings. The number of para-hydroxylation sites is 1. The fourth-order valence-corrected chi connectivity index (χ4v) is 2.15. The van der Waals surface area contributed by atoms with Crippen LogP contribution in [0.3, 0.4) is 0 Å². The lowest BCUT2D eigenvalue weighted by molar-refractivity contribution is 0.111. The highest BCUT2D eigenvalue weighted by Crippen LogP contribution is 2.31. The van der Waals surface area contributed by atoms with Gasteiger partial charge in [0.05, 0.1) is 18.8 Å². The summed E-state index contributed by atoms with van der Waals surface area (Å²) in [6.07, 6.45) is 1.91. The molecule has 106 valence electrons. The van der Waals surface area contributed by atoms with Crippen LogP contribution in [-0.2, 0) is 0 Å². The van der Waals surface area contributed by atoms with E-state index in [9.17, 15) is 4.79 Å². The molecule has 1 aromatic rings. The molecule has 0 heterocycles. The van der Waals surface area contributed by atoms with E-state index < -0.39 is 0 Å². The fourth-order valence-electron chi connectivity index (χ4n) is 2.15. The van der Waals surface area contributed by atoms with Gasteiger partial charge in [0.15, 0.2) is 17.8 Å². The minimum Gasteiger partial charge on any atom is -0.490 e. The van der Waals surface area contributed by atoms with Crippen molar-refractivity contribution in [1.82, 2.24) is 0 Å². The van der Waals surface area contributed by atoms with E-state index in [1.807, 2.05) is 13.0 Å². The summed E-state index contributed by atoms with van der Waals surface area (Å²) in [5, 5.41) is 0. The molecular weight excluding hydrogens is 240 g/mol. The van der Waals surface area contributed by atoms with Crippen LogP contribution in [0.15, 0.2) is 18.2 Å². The summed E-state index contributed by atoms with van der Waals surface area (Å²) in [6.45, 7) is 9.62. The van der Waals surface area contributed by atoms with Crippen molar-refractivity contribution in [2.75, 3.05) is 13.2 Å². The number of benzene rings is 1. The predicted molar refractivity (Wildman–Crippen MR) is 77.1 cm³/mol. The molecule has 1 atom stereocenters. The molecule has 1 aromatic carbocycles. The maximum atomic E-state index is 11.1. The Balaban J connectivity index is 2.77. The highest BCUT2D eigenvalue weighted by atomic mass is 16.5. The van der Waals surface area contributed by atoms with E-state index in [2.05, 4.69) is 20.8 Å². The molecule has 0 amide bonds. The second-order valence-electron chi connectivity index (χ2n) is 5.27. The van der Waals surface area contributed by atoms with Crippen LogP contribution in [0.1, 0.15) is 44.5 Å². The van der Waals surface area contributed by atoms with Crippen molar-refractivity contribution < 1.29 is 14.3 Å². The summed E-state index contributed by atoms with van der Waals surface area (Å²) in [6, 6.07) is 5.38. The van der Waals surface area contributed by atoms with Crippen LogP contribution in [-0.4, -0.2) is 19.5 Å². The van der Waals surface area contributed by atoms with Crippen LogP contribution in [0.5, 0.6) is 11.5 Å². The normalized spacial score (nSPS) is 12.3. The number of ether oxygens (including phenoxy) is 2. The molecule has 0 aliphatic carbocycles. The van der Waals surface area contributed by atoms with Crippen molar-refractivity contribution in [2.24, 2.45) is 11.8 Å². The molecule has 1 unspecified atom stereocenters. The minimum absolute atomic E-state index is 0.453. The first-order chi connectivity index (χ1) is 9.08. The number of rotatable bonds is 8. The van der Waals surface area contributed by atoms with E-state index in [0.29, 0.717) is 42.1 Å². The third kappa shape index (κ3) is 4.93. The summed E-state index contributed by atoms with van der Waals surface area (Å²) in [7, 11) is 0. The molecule has 0 N–H and O–H groups in total. The Labute approximate surface area is 115 Å². The summed E-state index contributed by atoms with van der Waals surface area (Å²) in [5.74, 6) is 2.30. The first kappa shape index (κ1) is 15.5. The average molecular weight is 264 g/mol. The molecule has 0 saturated carbocycles. The minimum atomic E-state index is 0.453. The number of carbonyl (C=O) groups is 1. The Kier molecular flexibility index (Phi) is 6.40. The van der Waals surface area contributed by atoms with Gasteiger partial charge in [-0.25, -0.2) is 0 Å². The lowest BCUT2D eigenvalue weighted by Crippen LogP contribution is -2.12. The topological polar surface area (TPSA) is 35.5 Å². The molecule has 0 saturated heterocycles. The predicted octanol–water partition coefficient (Wildman–Crippen LogP) is 3.96.